The number of carbonyl (C=O) groups is 3. The monoisotopic (exact) mass is 340 g/mol. The molecule has 1 aliphatic heterocycles. The third kappa shape index (κ3) is 2.24. The van der Waals surface area contributed by atoms with E-state index in [1.54, 1.807) is 0 Å². The summed E-state index contributed by atoms with van der Waals surface area (Å²) >= 11 is 0. The van der Waals surface area contributed by atoms with E-state index in [4.69, 9.17) is 0 Å². The topological polar surface area (TPSA) is 66.5 Å². The van der Waals surface area contributed by atoms with Crippen molar-refractivity contribution >= 4 is 17.7 Å². The van der Waals surface area contributed by atoms with Crippen molar-refractivity contribution in [2.24, 2.45) is 41.4 Å². The predicted octanol–water partition coefficient (Wildman–Crippen LogP) is 1.51. The summed E-state index contributed by atoms with van der Waals surface area (Å²) in [5.74, 6) is 1.58. The first kappa shape index (κ1) is 15.4. The second-order valence-electron chi connectivity index (χ2n) is 8.36. The average Bonchev–Trinajstić information content (AvgIpc) is 3.40. The Balaban J connectivity index is 1.12. The quantitative estimate of drug-likeness (QED) is 0.469. The maximum Gasteiger partial charge on any atom is 0.233 e. The molecular weight excluding hydrogens is 316 g/mol. The molecule has 0 aromatic rings. The van der Waals surface area contributed by atoms with Crippen LogP contribution in [0.3, 0.4) is 0 Å². The lowest BCUT2D eigenvalue weighted by Crippen LogP contribution is -2.37. The van der Waals surface area contributed by atoms with E-state index < -0.39 is 0 Å². The van der Waals surface area contributed by atoms with E-state index in [0.717, 1.165) is 19.3 Å². The first-order chi connectivity index (χ1) is 12.1. The standard InChI is InChI=1S/C20H24N2O3/c23-18(15-9-11-2-3-12(15)8-11)21-6-1-7-22-19(24)16-13-4-5-14(10-13)17(16)20(22)25/h2-5,11-17H,1,6-10H2,(H,21,23)/t11-,12-,13-,14-,15-,16-,17+/m0/s1. The van der Waals surface area contributed by atoms with Gasteiger partial charge in [-0.1, -0.05) is 24.3 Å². The molecule has 0 spiro atoms. The Hall–Kier alpha value is -1.91. The smallest absolute Gasteiger partial charge is 0.233 e. The largest absolute Gasteiger partial charge is 0.356 e. The third-order valence-electron chi connectivity index (χ3n) is 7.04. The van der Waals surface area contributed by atoms with Gasteiger partial charge in [0.2, 0.25) is 17.7 Å². The fourth-order valence-corrected chi connectivity index (χ4v) is 5.85. The molecule has 5 nitrogen and oxygen atoms in total. The highest BCUT2D eigenvalue weighted by Gasteiger charge is 2.58. The Morgan fingerprint density at radius 1 is 0.960 bits per heavy atom. The lowest BCUT2D eigenvalue weighted by Gasteiger charge is -2.19. The van der Waals surface area contributed by atoms with Gasteiger partial charge in [0.1, 0.15) is 0 Å². The number of rotatable bonds is 5. The molecule has 7 atom stereocenters. The lowest BCUT2D eigenvalue weighted by atomic mass is 9.85. The van der Waals surface area contributed by atoms with Crippen LogP contribution < -0.4 is 5.32 Å². The molecule has 5 heteroatoms. The zero-order chi connectivity index (χ0) is 17.1. The second kappa shape index (κ2) is 5.55. The van der Waals surface area contributed by atoms with E-state index in [1.807, 2.05) is 0 Å². The summed E-state index contributed by atoms with van der Waals surface area (Å²) in [4.78, 5) is 38.9. The van der Waals surface area contributed by atoms with E-state index in [0.29, 0.717) is 31.3 Å². The van der Waals surface area contributed by atoms with Gasteiger partial charge in [0.05, 0.1) is 11.8 Å². The van der Waals surface area contributed by atoms with Crippen molar-refractivity contribution in [3.8, 4) is 0 Å². The predicted molar refractivity (Wildman–Crippen MR) is 90.9 cm³/mol. The first-order valence-corrected chi connectivity index (χ1v) is 9.63. The van der Waals surface area contributed by atoms with Gasteiger partial charge >= 0.3 is 0 Å². The van der Waals surface area contributed by atoms with E-state index in [9.17, 15) is 14.4 Å². The van der Waals surface area contributed by atoms with Gasteiger partial charge in [-0.15, -0.1) is 0 Å². The number of imide groups is 1. The minimum atomic E-state index is -0.113. The van der Waals surface area contributed by atoms with Gasteiger partial charge < -0.3 is 5.32 Å². The van der Waals surface area contributed by atoms with Crippen LogP contribution in [0, 0.1) is 41.4 Å². The zero-order valence-corrected chi connectivity index (χ0v) is 14.3. The molecule has 0 aromatic heterocycles. The number of allylic oxidation sites excluding steroid dienone is 4. The van der Waals surface area contributed by atoms with Crippen LogP contribution in [-0.2, 0) is 14.4 Å². The van der Waals surface area contributed by atoms with Crippen LogP contribution in [0.5, 0.6) is 0 Å². The fourth-order valence-electron chi connectivity index (χ4n) is 5.85. The SMILES string of the molecule is O=C(NCCCN1C(=O)[C@@H]2[C@H](C1=O)[C@H]1C=C[C@H]2C1)[C@H]1C[C@H]2C=C[C@H]1C2. The zero-order valence-electron chi connectivity index (χ0n) is 14.3. The van der Waals surface area contributed by atoms with Crippen LogP contribution in [0.1, 0.15) is 25.7 Å². The van der Waals surface area contributed by atoms with Crippen molar-refractivity contribution in [1.82, 2.24) is 10.2 Å². The summed E-state index contributed by atoms with van der Waals surface area (Å²) in [5.41, 5.74) is 0. The molecular formula is C20H24N2O3. The molecule has 0 aromatic carbocycles. The Kier molecular flexibility index (Phi) is 3.41. The number of carbonyl (C=O) groups excluding carboxylic acids is 3. The molecule has 5 aliphatic rings. The third-order valence-corrected chi connectivity index (χ3v) is 7.04. The summed E-state index contributed by atoms with van der Waals surface area (Å²) in [6, 6.07) is 0. The number of nitrogens with zero attached hydrogens (tertiary/aromatic N) is 1. The molecule has 4 bridgehead atoms. The van der Waals surface area contributed by atoms with Crippen molar-refractivity contribution in [2.45, 2.75) is 25.7 Å². The normalized spacial score (nSPS) is 42.7. The Bertz CT molecular complexity index is 667. The molecule has 25 heavy (non-hydrogen) atoms. The van der Waals surface area contributed by atoms with Crippen molar-refractivity contribution in [3.63, 3.8) is 0 Å². The molecule has 1 heterocycles. The molecule has 3 fully saturated rings. The summed E-state index contributed by atoms with van der Waals surface area (Å²) in [5, 5.41) is 3.01. The minimum Gasteiger partial charge on any atom is -0.356 e. The summed E-state index contributed by atoms with van der Waals surface area (Å²) < 4.78 is 0. The first-order valence-electron chi connectivity index (χ1n) is 9.63. The Morgan fingerprint density at radius 2 is 1.64 bits per heavy atom. The van der Waals surface area contributed by atoms with Gasteiger partial charge in [0, 0.05) is 19.0 Å². The number of hydrogen-bond acceptors (Lipinski definition) is 3. The highest BCUT2D eigenvalue weighted by molar-refractivity contribution is 6.06. The summed E-state index contributed by atoms with van der Waals surface area (Å²) in [6.45, 7) is 0.967. The maximum absolute atomic E-state index is 12.6. The summed E-state index contributed by atoms with van der Waals surface area (Å²) in [6.07, 6.45) is 12.3. The maximum atomic E-state index is 12.6. The van der Waals surface area contributed by atoms with Crippen LogP contribution in [-0.4, -0.2) is 35.7 Å². The van der Waals surface area contributed by atoms with Crippen LogP contribution in [0.25, 0.3) is 0 Å². The highest BCUT2D eigenvalue weighted by Crippen LogP contribution is 2.52. The van der Waals surface area contributed by atoms with Crippen LogP contribution in [0.4, 0.5) is 0 Å². The second-order valence-corrected chi connectivity index (χ2v) is 8.36. The highest BCUT2D eigenvalue weighted by atomic mass is 16.2. The van der Waals surface area contributed by atoms with Gasteiger partial charge in [0.25, 0.3) is 0 Å². The molecule has 4 aliphatic carbocycles. The molecule has 1 N–H and O–H groups in total. The van der Waals surface area contributed by atoms with Crippen LogP contribution in [0.2, 0.25) is 0 Å². The number of likely N-dealkylation sites (tertiary alicyclic amines) is 1. The van der Waals surface area contributed by atoms with Crippen molar-refractivity contribution in [2.75, 3.05) is 13.1 Å². The van der Waals surface area contributed by atoms with E-state index >= 15 is 0 Å². The molecule has 5 rings (SSSR count). The molecule has 132 valence electrons. The van der Waals surface area contributed by atoms with Crippen LogP contribution in [0.15, 0.2) is 24.3 Å². The Morgan fingerprint density at radius 3 is 2.24 bits per heavy atom. The summed E-state index contributed by atoms with van der Waals surface area (Å²) in [7, 11) is 0. The van der Waals surface area contributed by atoms with Gasteiger partial charge in [-0.3, -0.25) is 19.3 Å². The van der Waals surface area contributed by atoms with Gasteiger partial charge in [0.15, 0.2) is 0 Å². The van der Waals surface area contributed by atoms with E-state index in [-0.39, 0.29) is 47.3 Å². The Labute approximate surface area is 147 Å². The van der Waals surface area contributed by atoms with Gasteiger partial charge in [-0.25, -0.2) is 0 Å². The average molecular weight is 340 g/mol. The molecule has 2 saturated carbocycles. The van der Waals surface area contributed by atoms with Crippen molar-refractivity contribution < 1.29 is 14.4 Å². The lowest BCUT2D eigenvalue weighted by molar-refractivity contribution is -0.140. The van der Waals surface area contributed by atoms with Crippen molar-refractivity contribution in [1.29, 1.82) is 0 Å². The molecule has 1 saturated heterocycles. The van der Waals surface area contributed by atoms with Crippen molar-refractivity contribution in [3.05, 3.63) is 24.3 Å². The minimum absolute atomic E-state index is 0.0106. The number of hydrogen-bond donors (Lipinski definition) is 1. The van der Waals surface area contributed by atoms with E-state index in [2.05, 4.69) is 29.6 Å². The molecule has 0 unspecified atom stereocenters. The molecule has 3 amide bonds. The van der Waals surface area contributed by atoms with Crippen LogP contribution >= 0.6 is 0 Å². The fraction of sp³-hybridized carbons (Fsp3) is 0.650. The number of amides is 3. The van der Waals surface area contributed by atoms with Gasteiger partial charge in [-0.2, -0.15) is 0 Å². The number of fused-ring (bicyclic) bond motifs is 7. The van der Waals surface area contributed by atoms with Gasteiger partial charge in [-0.05, 0) is 49.4 Å². The molecule has 0 radical (unpaired) electrons. The number of nitrogens with one attached hydrogen (secondary N) is 1. The van der Waals surface area contributed by atoms with E-state index in [1.165, 1.54) is 4.90 Å².